The largest absolute Gasteiger partial charge is 0.464 e. The number of esters is 1. The number of carbonyl (C=O) groups excluding carboxylic acids is 1. The number of hydrogen-bond acceptors (Lipinski definition) is 7. The fraction of sp³-hybridized carbons (Fsp3) is 0.542. The van der Waals surface area contributed by atoms with Gasteiger partial charge in [-0.2, -0.15) is 0 Å². The molecule has 174 valence electrons. The van der Waals surface area contributed by atoms with E-state index in [0.29, 0.717) is 22.8 Å². The Balaban J connectivity index is 2.08. The number of methoxy groups -OCH3 is 2. The van der Waals surface area contributed by atoms with E-state index < -0.39 is 11.6 Å². The molecule has 1 saturated heterocycles. The molecule has 2 aliphatic rings. The number of carbonyl (C=O) groups is 1. The van der Waals surface area contributed by atoms with Gasteiger partial charge in [0.1, 0.15) is 11.5 Å². The van der Waals surface area contributed by atoms with Crippen LogP contribution in [-0.2, 0) is 9.47 Å². The van der Waals surface area contributed by atoms with Crippen LogP contribution in [-0.4, -0.2) is 55.7 Å². The molecule has 0 spiro atoms. The van der Waals surface area contributed by atoms with E-state index in [2.05, 4.69) is 15.2 Å². The van der Waals surface area contributed by atoms with Crippen LogP contribution in [0.25, 0.3) is 0 Å². The molecule has 0 bridgehead atoms. The predicted molar refractivity (Wildman–Crippen MR) is 124 cm³/mol. The second-order valence-corrected chi connectivity index (χ2v) is 8.83. The first-order chi connectivity index (χ1) is 15.1. The lowest BCUT2D eigenvalue weighted by molar-refractivity contribution is 0.0594. The summed E-state index contributed by atoms with van der Waals surface area (Å²) in [6, 6.07) is 1.71. The van der Waals surface area contributed by atoms with E-state index in [1.807, 2.05) is 13.8 Å². The van der Waals surface area contributed by atoms with Crippen LogP contribution in [0.4, 0.5) is 15.9 Å². The Morgan fingerprint density at radius 2 is 2.03 bits per heavy atom. The Kier molecular flexibility index (Phi) is 7.33. The zero-order chi connectivity index (χ0) is 23.5. The Morgan fingerprint density at radius 3 is 2.56 bits per heavy atom. The molecule has 0 aromatic carbocycles. The highest BCUT2D eigenvalue weighted by molar-refractivity contribution is 6.09. The molecule has 1 fully saturated rings. The van der Waals surface area contributed by atoms with Crippen molar-refractivity contribution >= 4 is 23.2 Å². The molecule has 1 aromatic rings. The van der Waals surface area contributed by atoms with Crippen molar-refractivity contribution in [3.05, 3.63) is 41.2 Å². The number of nitrogens with one attached hydrogen (secondary N) is 2. The SMILES string of the molecule is COC(=O)c1cc(N2CCC(OC)CC2)c(C(=N)C(C)C)c(NC2=CCC(C)(F)C=C2)n1. The number of aromatic nitrogens is 1. The van der Waals surface area contributed by atoms with Gasteiger partial charge in [-0.1, -0.05) is 19.9 Å². The van der Waals surface area contributed by atoms with Crippen molar-refractivity contribution in [2.24, 2.45) is 5.92 Å². The van der Waals surface area contributed by atoms with Gasteiger partial charge in [0, 0.05) is 38.0 Å². The minimum Gasteiger partial charge on any atom is -0.464 e. The first-order valence-electron chi connectivity index (χ1n) is 11.0. The van der Waals surface area contributed by atoms with E-state index in [0.717, 1.165) is 31.6 Å². The van der Waals surface area contributed by atoms with E-state index in [-0.39, 0.29) is 24.1 Å². The smallest absolute Gasteiger partial charge is 0.356 e. The van der Waals surface area contributed by atoms with Gasteiger partial charge in [0.25, 0.3) is 0 Å². The molecule has 1 aliphatic carbocycles. The first kappa shape index (κ1) is 23.9. The van der Waals surface area contributed by atoms with Crippen LogP contribution < -0.4 is 10.2 Å². The summed E-state index contributed by atoms with van der Waals surface area (Å²) in [5.74, 6) is -0.205. The molecule has 0 saturated carbocycles. The summed E-state index contributed by atoms with van der Waals surface area (Å²) in [7, 11) is 3.04. The Hall–Kier alpha value is -2.74. The lowest BCUT2D eigenvalue weighted by Gasteiger charge is -2.35. The van der Waals surface area contributed by atoms with Gasteiger partial charge in [-0.25, -0.2) is 14.2 Å². The van der Waals surface area contributed by atoms with Crippen LogP contribution in [0.1, 0.15) is 56.1 Å². The summed E-state index contributed by atoms with van der Waals surface area (Å²) < 4.78 is 24.6. The zero-order valence-electron chi connectivity index (χ0n) is 19.5. The maximum atomic E-state index is 14.2. The van der Waals surface area contributed by atoms with E-state index in [4.69, 9.17) is 14.9 Å². The van der Waals surface area contributed by atoms with E-state index >= 15 is 0 Å². The molecule has 1 unspecified atom stereocenters. The summed E-state index contributed by atoms with van der Waals surface area (Å²) in [6.07, 6.45) is 7.08. The Labute approximate surface area is 189 Å². The summed E-state index contributed by atoms with van der Waals surface area (Å²) in [4.78, 5) is 19.1. The van der Waals surface area contributed by atoms with Crippen molar-refractivity contribution in [2.75, 3.05) is 37.5 Å². The molecule has 1 atom stereocenters. The number of rotatable bonds is 7. The number of hydrogen-bond donors (Lipinski definition) is 2. The number of piperidine rings is 1. The molecule has 8 heteroatoms. The van der Waals surface area contributed by atoms with Gasteiger partial charge >= 0.3 is 5.97 Å². The standard InChI is InChI=1S/C24H33FN4O3/c1-15(2)21(26)20-19(29-12-8-17(31-4)9-13-29)14-18(23(30)32-5)28-22(20)27-16-6-10-24(3,25)11-7-16/h6-7,10,14-15,17,26H,8-9,11-13H2,1-5H3,(H,27,28). The molecule has 7 nitrogen and oxygen atoms in total. The molecule has 3 rings (SSSR count). The van der Waals surface area contributed by atoms with Crippen LogP contribution in [0.3, 0.4) is 0 Å². The highest BCUT2D eigenvalue weighted by Crippen LogP contribution is 2.34. The number of anilines is 2. The van der Waals surface area contributed by atoms with Crippen LogP contribution in [0.5, 0.6) is 0 Å². The third-order valence-electron chi connectivity index (χ3n) is 5.95. The lowest BCUT2D eigenvalue weighted by atomic mass is 9.95. The Morgan fingerprint density at radius 1 is 1.34 bits per heavy atom. The van der Waals surface area contributed by atoms with Crippen molar-refractivity contribution in [3.63, 3.8) is 0 Å². The van der Waals surface area contributed by atoms with Gasteiger partial charge < -0.3 is 25.1 Å². The molecule has 2 N–H and O–H groups in total. The van der Waals surface area contributed by atoms with Gasteiger partial charge in [0.15, 0.2) is 5.69 Å². The monoisotopic (exact) mass is 444 g/mol. The van der Waals surface area contributed by atoms with Crippen molar-refractivity contribution < 1.29 is 18.7 Å². The zero-order valence-corrected chi connectivity index (χ0v) is 19.5. The number of pyridine rings is 1. The third kappa shape index (κ3) is 5.35. The average Bonchev–Trinajstić information content (AvgIpc) is 2.79. The van der Waals surface area contributed by atoms with Crippen LogP contribution in [0.2, 0.25) is 0 Å². The molecule has 0 radical (unpaired) electrons. The van der Waals surface area contributed by atoms with Crippen molar-refractivity contribution in [3.8, 4) is 0 Å². The average molecular weight is 445 g/mol. The van der Waals surface area contributed by atoms with Crippen LogP contribution in [0.15, 0.2) is 30.0 Å². The number of halogens is 1. The number of alkyl halides is 1. The van der Waals surface area contributed by atoms with E-state index in [1.54, 1.807) is 25.3 Å². The number of ether oxygens (including phenoxy) is 2. The molecular weight excluding hydrogens is 411 g/mol. The van der Waals surface area contributed by atoms with Gasteiger partial charge in [-0.05, 0) is 43.9 Å². The van der Waals surface area contributed by atoms with E-state index in [9.17, 15) is 9.18 Å². The van der Waals surface area contributed by atoms with Gasteiger partial charge in [-0.15, -0.1) is 0 Å². The van der Waals surface area contributed by atoms with Crippen LogP contribution in [0, 0.1) is 11.3 Å². The number of allylic oxidation sites excluding steroid dienone is 3. The van der Waals surface area contributed by atoms with Gasteiger partial charge in [-0.3, -0.25) is 0 Å². The summed E-state index contributed by atoms with van der Waals surface area (Å²) >= 11 is 0. The molecule has 1 aliphatic heterocycles. The van der Waals surface area contributed by atoms with Gasteiger partial charge in [0.05, 0.1) is 24.5 Å². The summed E-state index contributed by atoms with van der Waals surface area (Å²) in [5.41, 5.74) is 1.28. The molecule has 2 heterocycles. The summed E-state index contributed by atoms with van der Waals surface area (Å²) in [6.45, 7) is 6.91. The second-order valence-electron chi connectivity index (χ2n) is 8.83. The van der Waals surface area contributed by atoms with Gasteiger partial charge in [0.2, 0.25) is 0 Å². The summed E-state index contributed by atoms with van der Waals surface area (Å²) in [5, 5.41) is 12.1. The molecule has 32 heavy (non-hydrogen) atoms. The molecule has 0 amide bonds. The fourth-order valence-corrected chi connectivity index (χ4v) is 3.91. The normalized spacial score (nSPS) is 21.5. The van der Waals surface area contributed by atoms with Crippen molar-refractivity contribution in [1.82, 2.24) is 4.98 Å². The molecule has 1 aromatic heterocycles. The topological polar surface area (TPSA) is 87.5 Å². The second kappa shape index (κ2) is 9.81. The minimum absolute atomic E-state index is 0.0541. The maximum absolute atomic E-state index is 14.2. The fourth-order valence-electron chi connectivity index (χ4n) is 3.91. The molecular formula is C24H33FN4O3. The third-order valence-corrected chi connectivity index (χ3v) is 5.95. The van der Waals surface area contributed by atoms with Crippen LogP contribution >= 0.6 is 0 Å². The lowest BCUT2D eigenvalue weighted by Crippen LogP contribution is -2.38. The van der Waals surface area contributed by atoms with Crippen molar-refractivity contribution in [1.29, 1.82) is 5.41 Å². The first-order valence-corrected chi connectivity index (χ1v) is 11.0. The highest BCUT2D eigenvalue weighted by Gasteiger charge is 2.28. The predicted octanol–water partition coefficient (Wildman–Crippen LogP) is 4.49. The number of nitrogens with zero attached hydrogens (tertiary/aromatic N) is 2. The Bertz CT molecular complexity index is 931. The quantitative estimate of drug-likeness (QED) is 0.476. The maximum Gasteiger partial charge on any atom is 0.356 e. The van der Waals surface area contributed by atoms with E-state index in [1.165, 1.54) is 20.1 Å². The van der Waals surface area contributed by atoms with Crippen molar-refractivity contribution in [2.45, 2.75) is 51.8 Å². The minimum atomic E-state index is -1.39. The highest BCUT2D eigenvalue weighted by atomic mass is 19.1.